The van der Waals surface area contributed by atoms with Gasteiger partial charge in [-0.1, -0.05) is 23.2 Å². The van der Waals surface area contributed by atoms with Gasteiger partial charge in [-0.05, 0) is 49.0 Å². The van der Waals surface area contributed by atoms with E-state index in [1.54, 1.807) is 0 Å². The summed E-state index contributed by atoms with van der Waals surface area (Å²) < 4.78 is 78.6. The summed E-state index contributed by atoms with van der Waals surface area (Å²) in [6.45, 7) is 0.946. The van der Waals surface area contributed by atoms with Gasteiger partial charge in [-0.2, -0.15) is 36.7 Å². The molecule has 1 aromatic heterocycles. The molecule has 0 spiro atoms. The quantitative estimate of drug-likeness (QED) is 0.289. The van der Waals surface area contributed by atoms with Gasteiger partial charge in [0.15, 0.2) is 0 Å². The Morgan fingerprint density at radius 3 is 2.32 bits per heavy atom. The number of nitriles is 1. The molecule has 14 heteroatoms. The van der Waals surface area contributed by atoms with Crippen LogP contribution < -0.4 is 5.32 Å². The van der Waals surface area contributed by atoms with E-state index in [1.807, 2.05) is 6.07 Å². The minimum absolute atomic E-state index is 0.0205. The van der Waals surface area contributed by atoms with Crippen LogP contribution in [0.25, 0.3) is 10.9 Å². The van der Waals surface area contributed by atoms with Crippen molar-refractivity contribution in [2.45, 2.75) is 35.6 Å². The smallest absolute Gasteiger partial charge is 0.332 e. The third-order valence-electron chi connectivity index (χ3n) is 4.51. The maximum Gasteiger partial charge on any atom is 0.446 e. The van der Waals surface area contributed by atoms with Crippen molar-refractivity contribution in [2.75, 3.05) is 0 Å². The van der Waals surface area contributed by atoms with Crippen LogP contribution in [-0.2, 0) is 12.7 Å². The molecule has 0 aliphatic heterocycles. The van der Waals surface area contributed by atoms with Gasteiger partial charge in [-0.15, -0.1) is 0 Å². The number of amides is 1. The summed E-state index contributed by atoms with van der Waals surface area (Å²) in [6, 6.07) is 7.03. The normalized spacial score (nSPS) is 14.0. The van der Waals surface area contributed by atoms with Crippen LogP contribution in [0.15, 0.2) is 41.4 Å². The molecular formula is C20H12Cl2F6N4OS. The van der Waals surface area contributed by atoms with E-state index in [4.69, 9.17) is 23.2 Å². The fraction of sp³-hybridized carbons (Fsp3) is 0.250. The average Bonchev–Trinajstić information content (AvgIpc) is 3.12. The molecule has 0 aliphatic carbocycles. The Bertz CT molecular complexity index is 1280. The van der Waals surface area contributed by atoms with E-state index in [0.29, 0.717) is 6.07 Å². The van der Waals surface area contributed by atoms with Gasteiger partial charge in [0.1, 0.15) is 11.1 Å². The van der Waals surface area contributed by atoms with Crippen LogP contribution in [0.2, 0.25) is 10.0 Å². The lowest BCUT2D eigenvalue weighted by Gasteiger charge is -2.23. The molecule has 1 N–H and O–H groups in total. The minimum atomic E-state index is -4.75. The Kier molecular flexibility index (Phi) is 7.04. The van der Waals surface area contributed by atoms with E-state index in [-0.39, 0.29) is 49.7 Å². The molecule has 0 saturated carbocycles. The van der Waals surface area contributed by atoms with E-state index in [9.17, 15) is 36.4 Å². The second-order valence-electron chi connectivity index (χ2n) is 7.28. The number of carbonyl (C=O) groups is 1. The number of rotatable bonds is 5. The maximum atomic E-state index is 13.4. The highest BCUT2D eigenvalue weighted by Gasteiger charge is 2.36. The van der Waals surface area contributed by atoms with Crippen molar-refractivity contribution in [2.24, 2.45) is 0 Å². The first-order chi connectivity index (χ1) is 15.6. The topological polar surface area (TPSA) is 70.7 Å². The van der Waals surface area contributed by atoms with Gasteiger partial charge in [0, 0.05) is 22.0 Å². The summed E-state index contributed by atoms with van der Waals surface area (Å²) >= 11 is 11.5. The molecular weight excluding hydrogens is 529 g/mol. The van der Waals surface area contributed by atoms with Crippen LogP contribution in [0.5, 0.6) is 0 Å². The zero-order valence-electron chi connectivity index (χ0n) is 16.9. The maximum absolute atomic E-state index is 13.4. The van der Waals surface area contributed by atoms with Crippen molar-refractivity contribution >= 4 is 51.8 Å². The third-order valence-corrected chi connectivity index (χ3v) is 6.03. The lowest BCUT2D eigenvalue weighted by molar-refractivity contribution is -0.136. The number of carbonyl (C=O) groups excluding carboxylic acids is 1. The molecule has 180 valence electrons. The van der Waals surface area contributed by atoms with Crippen LogP contribution in [0.3, 0.4) is 0 Å². The third kappa shape index (κ3) is 5.89. The zero-order chi connectivity index (χ0) is 25.5. The number of alkyl halides is 6. The number of fused-ring (bicyclic) bond motifs is 1. The van der Waals surface area contributed by atoms with Crippen LogP contribution in [-0.4, -0.2) is 26.7 Å². The summed E-state index contributed by atoms with van der Waals surface area (Å²) in [5, 5.41) is 15.1. The SMILES string of the molecule is CC(C#N)(Cn1cc2c(C(F)(F)F)cc(Cl)c(Cl)c2n1)NC(=O)c1ccc(SC(F)(F)F)cc1. The first kappa shape index (κ1) is 26.0. The molecule has 3 aromatic rings. The molecule has 5 nitrogen and oxygen atoms in total. The van der Waals surface area contributed by atoms with Gasteiger partial charge in [0.25, 0.3) is 5.91 Å². The molecule has 0 aliphatic rings. The van der Waals surface area contributed by atoms with Crippen LogP contribution in [0.1, 0.15) is 22.8 Å². The van der Waals surface area contributed by atoms with Crippen molar-refractivity contribution in [3.63, 3.8) is 0 Å². The molecule has 3 rings (SSSR count). The Hall–Kier alpha value is -2.62. The number of aromatic nitrogens is 2. The van der Waals surface area contributed by atoms with Crippen molar-refractivity contribution in [3.8, 4) is 6.07 Å². The Morgan fingerprint density at radius 2 is 1.79 bits per heavy atom. The number of thioether (sulfide) groups is 1. The van der Waals surface area contributed by atoms with Gasteiger partial charge >= 0.3 is 11.7 Å². The fourth-order valence-electron chi connectivity index (χ4n) is 3.03. The van der Waals surface area contributed by atoms with Crippen molar-refractivity contribution < 1.29 is 31.1 Å². The Morgan fingerprint density at radius 1 is 1.18 bits per heavy atom. The van der Waals surface area contributed by atoms with Crippen LogP contribution in [0.4, 0.5) is 26.3 Å². The monoisotopic (exact) mass is 540 g/mol. The largest absolute Gasteiger partial charge is 0.446 e. The predicted octanol–water partition coefficient (Wildman–Crippen LogP) is 6.69. The molecule has 1 atom stereocenters. The number of nitrogens with one attached hydrogen (secondary N) is 1. The summed E-state index contributed by atoms with van der Waals surface area (Å²) in [6.07, 6.45) is -3.71. The zero-order valence-corrected chi connectivity index (χ0v) is 19.2. The number of nitrogens with zero attached hydrogens (tertiary/aromatic N) is 3. The molecule has 2 aromatic carbocycles. The lowest BCUT2D eigenvalue weighted by Crippen LogP contribution is -2.48. The highest BCUT2D eigenvalue weighted by Crippen LogP contribution is 2.41. The number of benzene rings is 2. The molecule has 1 unspecified atom stereocenters. The van der Waals surface area contributed by atoms with Gasteiger partial charge in [0.2, 0.25) is 0 Å². The molecule has 1 heterocycles. The van der Waals surface area contributed by atoms with E-state index < -0.39 is 28.7 Å². The summed E-state index contributed by atoms with van der Waals surface area (Å²) in [5.74, 6) is -0.777. The number of hydrogen-bond acceptors (Lipinski definition) is 4. The highest BCUT2D eigenvalue weighted by molar-refractivity contribution is 8.00. The van der Waals surface area contributed by atoms with E-state index in [1.165, 1.54) is 6.92 Å². The van der Waals surface area contributed by atoms with Gasteiger partial charge in [-0.3, -0.25) is 9.48 Å². The summed E-state index contributed by atoms with van der Waals surface area (Å²) in [5.41, 5.74) is -7.45. The van der Waals surface area contributed by atoms with Crippen molar-refractivity contribution in [1.29, 1.82) is 5.26 Å². The molecule has 0 radical (unpaired) electrons. The summed E-state index contributed by atoms with van der Waals surface area (Å²) in [7, 11) is 0. The highest BCUT2D eigenvalue weighted by atomic mass is 35.5. The minimum Gasteiger partial charge on any atom is -0.332 e. The van der Waals surface area contributed by atoms with Gasteiger partial charge < -0.3 is 5.32 Å². The van der Waals surface area contributed by atoms with Crippen molar-refractivity contribution in [3.05, 3.63) is 57.7 Å². The molecule has 0 saturated heterocycles. The van der Waals surface area contributed by atoms with Gasteiger partial charge in [0.05, 0.1) is 28.2 Å². The summed E-state index contributed by atoms with van der Waals surface area (Å²) in [4.78, 5) is 12.4. The van der Waals surface area contributed by atoms with Gasteiger partial charge in [-0.25, -0.2) is 0 Å². The molecule has 0 bridgehead atoms. The molecule has 1 amide bonds. The second kappa shape index (κ2) is 9.20. The van der Waals surface area contributed by atoms with E-state index >= 15 is 0 Å². The predicted molar refractivity (Wildman–Crippen MR) is 115 cm³/mol. The Balaban J connectivity index is 1.86. The fourth-order valence-corrected chi connectivity index (χ4v) is 3.97. The number of hydrogen-bond donors (Lipinski definition) is 1. The number of halogens is 8. The standard InChI is InChI=1S/C20H12Cl2F6N4OS/c1-18(8-29,30-17(33)10-2-4-11(5-3-10)34-20(26,27)28)9-32-7-12-13(19(23,24)25)6-14(21)15(22)16(12)31-32/h2-7H,9H2,1H3,(H,30,33). The van der Waals surface area contributed by atoms with E-state index in [2.05, 4.69) is 10.4 Å². The van der Waals surface area contributed by atoms with Crippen LogP contribution in [0, 0.1) is 11.3 Å². The average molecular weight is 541 g/mol. The lowest BCUT2D eigenvalue weighted by atomic mass is 10.0. The molecule has 0 fully saturated rings. The second-order valence-corrected chi connectivity index (χ2v) is 9.20. The van der Waals surface area contributed by atoms with Crippen molar-refractivity contribution in [1.82, 2.24) is 15.1 Å². The molecule has 34 heavy (non-hydrogen) atoms. The van der Waals surface area contributed by atoms with Crippen LogP contribution >= 0.6 is 35.0 Å². The first-order valence-electron chi connectivity index (χ1n) is 9.14. The first-order valence-corrected chi connectivity index (χ1v) is 10.7. The Labute approximate surface area is 202 Å². The van der Waals surface area contributed by atoms with E-state index in [0.717, 1.165) is 35.1 Å².